The molecule has 0 amide bonds. The Morgan fingerprint density at radius 1 is 1.11 bits per heavy atom. The Bertz CT molecular complexity index is 926. The maximum atomic E-state index is 10.1. The third-order valence-electron chi connectivity index (χ3n) is 5.71. The monoisotopic (exact) mass is 366 g/mol. The van der Waals surface area contributed by atoms with Gasteiger partial charge in [0.05, 0.1) is 38.3 Å². The van der Waals surface area contributed by atoms with Crippen LogP contribution in [-0.2, 0) is 9.47 Å². The molecule has 138 valence electrons. The zero-order valence-electron chi connectivity index (χ0n) is 15.4. The first-order valence-corrected chi connectivity index (χ1v) is 8.21. The zero-order chi connectivity index (χ0) is 20.0. The van der Waals surface area contributed by atoms with Gasteiger partial charge in [-0.1, -0.05) is 6.92 Å². The third kappa shape index (κ3) is 2.01. The van der Waals surface area contributed by atoms with Gasteiger partial charge in [0, 0.05) is 12.5 Å². The van der Waals surface area contributed by atoms with Crippen LogP contribution >= 0.6 is 0 Å². The van der Waals surface area contributed by atoms with Gasteiger partial charge in [0.1, 0.15) is 17.6 Å². The Hall–Kier alpha value is -3.28. The number of ether oxygens (including phenoxy) is 4. The second-order valence-electron chi connectivity index (χ2n) is 6.73. The minimum atomic E-state index is -2.02. The summed E-state index contributed by atoms with van der Waals surface area (Å²) in [5.41, 5.74) is -3.44. The molecule has 2 fully saturated rings. The molecule has 4 atom stereocenters. The van der Waals surface area contributed by atoms with Crippen LogP contribution in [0, 0.1) is 56.2 Å². The summed E-state index contributed by atoms with van der Waals surface area (Å²) in [6, 6.07) is 10.9. The van der Waals surface area contributed by atoms with Gasteiger partial charge >= 0.3 is 0 Å². The molecule has 2 saturated heterocycles. The molecule has 2 aliphatic rings. The second kappa shape index (κ2) is 5.87. The summed E-state index contributed by atoms with van der Waals surface area (Å²) in [4.78, 5) is 0. The van der Waals surface area contributed by atoms with Crippen LogP contribution in [0.4, 0.5) is 0 Å². The molecule has 8 nitrogen and oxygen atoms in total. The van der Waals surface area contributed by atoms with Crippen molar-refractivity contribution in [2.75, 3.05) is 14.2 Å². The lowest BCUT2D eigenvalue weighted by Gasteiger charge is -2.47. The summed E-state index contributed by atoms with van der Waals surface area (Å²) >= 11 is 0. The van der Waals surface area contributed by atoms with E-state index in [9.17, 15) is 15.8 Å². The Balaban J connectivity index is 2.36. The van der Waals surface area contributed by atoms with Crippen molar-refractivity contribution in [1.82, 2.24) is 0 Å². The molecular formula is C19H18N4O4. The van der Waals surface area contributed by atoms with Crippen molar-refractivity contribution >= 4 is 5.90 Å². The Morgan fingerprint density at radius 3 is 2.30 bits per heavy atom. The van der Waals surface area contributed by atoms with E-state index >= 15 is 0 Å². The highest BCUT2D eigenvalue weighted by Gasteiger charge is 2.78. The topological polar surface area (TPSA) is 132 Å². The number of benzene rings is 1. The molecule has 4 unspecified atom stereocenters. The standard InChI is InChI=1S/C19H18N4O4/c1-11-17(2)26-15(13-7-12(24-3)5-6-14(13)25-4)18(8-20,9-21)19(11,10-22)16(23)27-17/h5-7,11,15,23H,1-4H3. The van der Waals surface area contributed by atoms with Crippen LogP contribution < -0.4 is 9.47 Å². The molecule has 1 aromatic rings. The summed E-state index contributed by atoms with van der Waals surface area (Å²) in [5.74, 6) is -1.66. The maximum absolute atomic E-state index is 10.1. The lowest BCUT2D eigenvalue weighted by molar-refractivity contribution is -0.269. The predicted octanol–water partition coefficient (Wildman–Crippen LogP) is 2.68. The number of hydrogen-bond acceptors (Lipinski definition) is 8. The first-order chi connectivity index (χ1) is 12.8. The SMILES string of the molecule is COc1ccc(OC)c(C2OC3(C)OC(=N)C(C#N)(C3C)C2(C#N)C#N)c1. The molecule has 1 N–H and O–H groups in total. The smallest absolute Gasteiger partial charge is 0.214 e. The maximum Gasteiger partial charge on any atom is 0.214 e. The third-order valence-corrected chi connectivity index (χ3v) is 5.71. The molecule has 1 aromatic carbocycles. The number of nitriles is 3. The summed E-state index contributed by atoms with van der Waals surface area (Å²) in [5, 5.41) is 38.5. The average molecular weight is 366 g/mol. The van der Waals surface area contributed by atoms with E-state index in [1.54, 1.807) is 32.0 Å². The van der Waals surface area contributed by atoms with Gasteiger partial charge in [-0.15, -0.1) is 0 Å². The molecule has 27 heavy (non-hydrogen) atoms. The van der Waals surface area contributed by atoms with Crippen LogP contribution in [0.15, 0.2) is 18.2 Å². The number of fused-ring (bicyclic) bond motifs is 2. The summed E-state index contributed by atoms with van der Waals surface area (Å²) < 4.78 is 22.3. The predicted molar refractivity (Wildman–Crippen MR) is 91.5 cm³/mol. The number of hydrogen-bond donors (Lipinski definition) is 1. The number of nitrogens with one attached hydrogen (secondary N) is 1. The molecule has 0 aromatic heterocycles. The molecule has 3 rings (SSSR count). The van der Waals surface area contributed by atoms with E-state index < -0.39 is 34.5 Å². The molecular weight excluding hydrogens is 348 g/mol. The van der Waals surface area contributed by atoms with Crippen LogP contribution in [-0.4, -0.2) is 25.9 Å². The van der Waals surface area contributed by atoms with Crippen molar-refractivity contribution in [1.29, 1.82) is 21.2 Å². The lowest BCUT2D eigenvalue weighted by atomic mass is 9.54. The van der Waals surface area contributed by atoms with E-state index in [2.05, 4.69) is 0 Å². The van der Waals surface area contributed by atoms with Crippen molar-refractivity contribution in [2.45, 2.75) is 25.7 Å². The van der Waals surface area contributed by atoms with Crippen LogP contribution in [0.3, 0.4) is 0 Å². The Kier molecular flexibility index (Phi) is 4.03. The summed E-state index contributed by atoms with van der Waals surface area (Å²) in [6.07, 6.45) is -1.19. The zero-order valence-corrected chi connectivity index (χ0v) is 15.4. The van der Waals surface area contributed by atoms with Crippen LogP contribution in [0.25, 0.3) is 0 Å². The van der Waals surface area contributed by atoms with E-state index in [0.29, 0.717) is 17.1 Å². The quantitative estimate of drug-likeness (QED) is 0.869. The second-order valence-corrected chi connectivity index (χ2v) is 6.73. The van der Waals surface area contributed by atoms with E-state index in [1.807, 2.05) is 18.2 Å². The largest absolute Gasteiger partial charge is 0.497 e. The van der Waals surface area contributed by atoms with Crippen molar-refractivity contribution in [3.63, 3.8) is 0 Å². The van der Waals surface area contributed by atoms with Gasteiger partial charge in [-0.05, 0) is 18.2 Å². The molecule has 0 spiro atoms. The fourth-order valence-corrected chi connectivity index (χ4v) is 4.03. The highest BCUT2D eigenvalue weighted by molar-refractivity contribution is 5.89. The molecule has 2 bridgehead atoms. The van der Waals surface area contributed by atoms with Crippen LogP contribution in [0.1, 0.15) is 25.5 Å². The van der Waals surface area contributed by atoms with Gasteiger partial charge in [0.15, 0.2) is 5.41 Å². The molecule has 2 aliphatic heterocycles. The summed E-state index contributed by atoms with van der Waals surface area (Å²) in [7, 11) is 2.93. The van der Waals surface area contributed by atoms with Gasteiger partial charge in [-0.2, -0.15) is 15.8 Å². The molecule has 0 radical (unpaired) electrons. The molecule has 0 aliphatic carbocycles. The highest BCUT2D eigenvalue weighted by atomic mass is 16.7. The number of rotatable bonds is 3. The van der Waals surface area contributed by atoms with E-state index in [0.717, 1.165) is 0 Å². The van der Waals surface area contributed by atoms with Gasteiger partial charge in [0.2, 0.25) is 17.1 Å². The van der Waals surface area contributed by atoms with Crippen LogP contribution in [0.2, 0.25) is 0 Å². The minimum absolute atomic E-state index is 0.368. The molecule has 0 saturated carbocycles. The van der Waals surface area contributed by atoms with E-state index in [4.69, 9.17) is 24.4 Å². The number of nitrogens with zero attached hydrogens (tertiary/aromatic N) is 3. The average Bonchev–Trinajstić information content (AvgIpc) is 2.82. The fourth-order valence-electron chi connectivity index (χ4n) is 4.03. The normalized spacial score (nSPS) is 33.1. The Labute approximate surface area is 156 Å². The van der Waals surface area contributed by atoms with Gasteiger partial charge in [-0.25, -0.2) is 0 Å². The van der Waals surface area contributed by atoms with Crippen molar-refractivity contribution in [3.8, 4) is 29.7 Å². The van der Waals surface area contributed by atoms with Gasteiger partial charge < -0.3 is 18.9 Å². The first-order valence-electron chi connectivity index (χ1n) is 8.21. The fraction of sp³-hybridized carbons (Fsp3) is 0.474. The van der Waals surface area contributed by atoms with Gasteiger partial charge in [-0.3, -0.25) is 5.41 Å². The van der Waals surface area contributed by atoms with Crippen molar-refractivity contribution in [2.24, 2.45) is 16.7 Å². The molecule has 2 heterocycles. The molecule has 8 heteroatoms. The first kappa shape index (κ1) is 18.5. The van der Waals surface area contributed by atoms with Crippen molar-refractivity contribution < 1.29 is 18.9 Å². The lowest BCUT2D eigenvalue weighted by Crippen LogP contribution is -2.57. The van der Waals surface area contributed by atoms with E-state index in [-0.39, 0.29) is 0 Å². The summed E-state index contributed by atoms with van der Waals surface area (Å²) in [6.45, 7) is 3.25. The Morgan fingerprint density at radius 2 is 1.78 bits per heavy atom. The minimum Gasteiger partial charge on any atom is -0.497 e. The number of methoxy groups -OCH3 is 2. The van der Waals surface area contributed by atoms with Gasteiger partial charge in [0.25, 0.3) is 0 Å². The van der Waals surface area contributed by atoms with Crippen molar-refractivity contribution in [3.05, 3.63) is 23.8 Å². The van der Waals surface area contributed by atoms with E-state index in [1.165, 1.54) is 14.2 Å². The highest BCUT2D eigenvalue weighted by Crippen LogP contribution is 2.66. The van der Waals surface area contributed by atoms with Crippen LogP contribution in [0.5, 0.6) is 11.5 Å².